The Bertz CT molecular complexity index is 1400. The summed E-state index contributed by atoms with van der Waals surface area (Å²) in [5, 5.41) is 0.859. The number of nitrogens with zero attached hydrogens (tertiary/aromatic N) is 4. The number of imidazole rings is 1. The fourth-order valence-corrected chi connectivity index (χ4v) is 7.56. The zero-order valence-corrected chi connectivity index (χ0v) is 24.3. The summed E-state index contributed by atoms with van der Waals surface area (Å²) in [5.41, 5.74) is 2.82. The molecule has 0 atom stereocenters. The highest BCUT2D eigenvalue weighted by atomic mass is 35.5. The number of hydrogen-bond acceptors (Lipinski definition) is 7. The van der Waals surface area contributed by atoms with Gasteiger partial charge in [-0.3, -0.25) is 0 Å². The van der Waals surface area contributed by atoms with Gasteiger partial charge in [0.25, 0.3) is 0 Å². The summed E-state index contributed by atoms with van der Waals surface area (Å²) in [7, 11) is -3.11. The van der Waals surface area contributed by atoms with Crippen LogP contribution in [0.2, 0.25) is 10.0 Å². The molecule has 2 aromatic carbocycles. The second-order valence-corrected chi connectivity index (χ2v) is 13.5. The maximum atomic E-state index is 12.5. The summed E-state index contributed by atoms with van der Waals surface area (Å²) in [6.45, 7) is 3.92. The first-order valence-corrected chi connectivity index (χ1v) is 15.7. The first-order valence-electron chi connectivity index (χ1n) is 13.5. The Labute approximate surface area is 244 Å². The zero-order chi connectivity index (χ0) is 27.7. The van der Waals surface area contributed by atoms with E-state index in [-0.39, 0.29) is 11.4 Å². The Morgan fingerprint density at radius 1 is 1.00 bits per heavy atom. The molecule has 0 radical (unpaired) electrons. The smallest absolute Gasteiger partial charge is 0.217 e. The number of anilines is 1. The highest BCUT2D eigenvalue weighted by molar-refractivity contribution is 7.90. The van der Waals surface area contributed by atoms with Gasteiger partial charge in [0, 0.05) is 54.8 Å². The summed E-state index contributed by atoms with van der Waals surface area (Å²) in [4.78, 5) is 6.36. The molecule has 1 aliphatic carbocycles. The Hall–Kier alpha value is -2.18. The number of benzene rings is 2. The van der Waals surface area contributed by atoms with Crippen molar-refractivity contribution in [2.24, 2.45) is 0 Å². The van der Waals surface area contributed by atoms with Gasteiger partial charge in [-0.25, -0.2) is 13.4 Å². The lowest BCUT2D eigenvalue weighted by Crippen LogP contribution is -2.49. The molecule has 40 heavy (non-hydrogen) atoms. The van der Waals surface area contributed by atoms with Crippen molar-refractivity contribution in [1.29, 1.82) is 0 Å². The van der Waals surface area contributed by atoms with E-state index >= 15 is 0 Å². The predicted octanol–water partition coefficient (Wildman–Crippen LogP) is 4.29. The fraction of sp³-hybridized carbons (Fsp3) is 0.464. The minimum atomic E-state index is -3.11. The second-order valence-electron chi connectivity index (χ2n) is 10.5. The molecular formula is C28H32Cl2N4O5S. The molecule has 3 heterocycles. The molecule has 3 fully saturated rings. The van der Waals surface area contributed by atoms with Crippen LogP contribution >= 0.6 is 23.2 Å². The highest BCUT2D eigenvalue weighted by Crippen LogP contribution is 2.38. The van der Waals surface area contributed by atoms with Crippen LogP contribution in [0.1, 0.15) is 24.0 Å². The molecule has 3 aromatic rings. The van der Waals surface area contributed by atoms with Gasteiger partial charge < -0.3 is 23.7 Å². The first kappa shape index (κ1) is 28.0. The van der Waals surface area contributed by atoms with Gasteiger partial charge in [-0.1, -0.05) is 41.4 Å². The predicted molar refractivity (Wildman–Crippen MR) is 153 cm³/mol. The number of aromatic nitrogens is 2. The second kappa shape index (κ2) is 11.6. The topological polar surface area (TPSA) is 86.1 Å². The molecule has 0 unspecified atom stereocenters. The quantitative estimate of drug-likeness (QED) is 0.359. The number of hydrogen-bond donors (Lipinski definition) is 0. The fourth-order valence-electron chi connectivity index (χ4n) is 5.19. The van der Waals surface area contributed by atoms with Crippen LogP contribution in [-0.4, -0.2) is 73.0 Å². The third-order valence-electron chi connectivity index (χ3n) is 7.63. The molecule has 0 bridgehead atoms. The van der Waals surface area contributed by atoms with E-state index in [1.807, 2.05) is 29.0 Å². The van der Waals surface area contributed by atoms with Crippen LogP contribution in [-0.2, 0) is 43.2 Å². The molecule has 0 spiro atoms. The summed E-state index contributed by atoms with van der Waals surface area (Å²) in [6.07, 6.45) is 6.61. The van der Waals surface area contributed by atoms with Crippen LogP contribution in [0, 0.1) is 0 Å². The standard InChI is InChI=1S/C28H32Cl2N4O5S/c29-22-3-8-26(27(30)15-22)28(19-32-10-9-31-20-32)38-17-24(18-39-28)37-16-21-1-4-23(5-2-21)33-11-13-34(14-12-33)40(35,36)25-6-7-25/h1-5,8-10,15,20,24-25H,6-7,11-14,16-19H2. The zero-order valence-electron chi connectivity index (χ0n) is 22.0. The lowest BCUT2D eigenvalue weighted by molar-refractivity contribution is -0.313. The van der Waals surface area contributed by atoms with E-state index in [1.54, 1.807) is 29.0 Å². The van der Waals surface area contributed by atoms with E-state index in [4.69, 9.17) is 37.4 Å². The lowest BCUT2D eigenvalue weighted by atomic mass is 10.0. The molecule has 1 saturated carbocycles. The minimum absolute atomic E-state index is 0.151. The summed E-state index contributed by atoms with van der Waals surface area (Å²) in [5.74, 6) is -1.09. The van der Waals surface area contributed by atoms with Gasteiger partial charge in [-0.2, -0.15) is 4.31 Å². The normalized spacial score (nSPS) is 24.4. The van der Waals surface area contributed by atoms with Crippen molar-refractivity contribution in [2.45, 2.75) is 43.1 Å². The van der Waals surface area contributed by atoms with Gasteiger partial charge in [-0.15, -0.1) is 0 Å². The molecule has 6 rings (SSSR count). The lowest BCUT2D eigenvalue weighted by Gasteiger charge is -2.41. The van der Waals surface area contributed by atoms with Crippen molar-refractivity contribution in [3.8, 4) is 0 Å². The van der Waals surface area contributed by atoms with Gasteiger partial charge >= 0.3 is 0 Å². The molecule has 0 N–H and O–H groups in total. The average molecular weight is 608 g/mol. The first-order chi connectivity index (χ1) is 19.3. The van der Waals surface area contributed by atoms with E-state index in [1.165, 1.54) is 0 Å². The number of halogens is 2. The van der Waals surface area contributed by atoms with E-state index in [9.17, 15) is 8.42 Å². The minimum Gasteiger partial charge on any atom is -0.369 e. The maximum Gasteiger partial charge on any atom is 0.217 e. The Kier molecular flexibility index (Phi) is 8.11. The van der Waals surface area contributed by atoms with Crippen LogP contribution in [0.4, 0.5) is 5.69 Å². The summed E-state index contributed by atoms with van der Waals surface area (Å²) < 4.78 is 47.3. The molecule has 3 aliphatic rings. The molecule has 2 aliphatic heterocycles. The monoisotopic (exact) mass is 606 g/mol. The van der Waals surface area contributed by atoms with Crippen molar-refractivity contribution in [3.63, 3.8) is 0 Å². The average Bonchev–Trinajstić information content (AvgIpc) is 3.71. The third kappa shape index (κ3) is 6.04. The van der Waals surface area contributed by atoms with Gasteiger partial charge in [0.05, 0.1) is 43.0 Å². The largest absolute Gasteiger partial charge is 0.369 e. The van der Waals surface area contributed by atoms with Gasteiger partial charge in [0.15, 0.2) is 0 Å². The molecule has 214 valence electrons. The Morgan fingerprint density at radius 2 is 1.73 bits per heavy atom. The van der Waals surface area contributed by atoms with Gasteiger partial charge in [0.1, 0.15) is 6.10 Å². The van der Waals surface area contributed by atoms with E-state index in [2.05, 4.69) is 22.0 Å². The number of rotatable bonds is 9. The molecule has 2 saturated heterocycles. The molecule has 0 amide bonds. The van der Waals surface area contributed by atoms with E-state index in [0.29, 0.717) is 68.2 Å². The van der Waals surface area contributed by atoms with E-state index in [0.717, 1.165) is 24.1 Å². The van der Waals surface area contributed by atoms with Crippen molar-refractivity contribution in [2.75, 3.05) is 44.3 Å². The number of piperazine rings is 1. The number of ether oxygens (including phenoxy) is 3. The Balaban J connectivity index is 1.03. The molecule has 9 nitrogen and oxygen atoms in total. The maximum absolute atomic E-state index is 12.5. The molecule has 12 heteroatoms. The van der Waals surface area contributed by atoms with Crippen molar-refractivity contribution >= 4 is 38.9 Å². The van der Waals surface area contributed by atoms with Crippen molar-refractivity contribution in [1.82, 2.24) is 13.9 Å². The molecular weight excluding hydrogens is 575 g/mol. The molecule has 1 aromatic heterocycles. The Morgan fingerprint density at radius 3 is 2.35 bits per heavy atom. The van der Waals surface area contributed by atoms with Crippen LogP contribution < -0.4 is 4.90 Å². The van der Waals surface area contributed by atoms with E-state index < -0.39 is 15.8 Å². The van der Waals surface area contributed by atoms with Gasteiger partial charge in [-0.05, 0) is 42.7 Å². The highest BCUT2D eigenvalue weighted by Gasteiger charge is 2.42. The van der Waals surface area contributed by atoms with Crippen molar-refractivity contribution in [3.05, 3.63) is 82.4 Å². The summed E-state index contributed by atoms with van der Waals surface area (Å²) in [6, 6.07) is 13.5. The SMILES string of the molecule is O=S(=O)(C1CC1)N1CCN(c2ccc(COC3COC(Cn4ccnc4)(c4ccc(Cl)cc4Cl)OC3)cc2)CC1. The number of sulfonamides is 1. The van der Waals surface area contributed by atoms with Crippen LogP contribution in [0.3, 0.4) is 0 Å². The van der Waals surface area contributed by atoms with Crippen molar-refractivity contribution < 1.29 is 22.6 Å². The third-order valence-corrected chi connectivity index (χ3v) is 10.6. The van der Waals surface area contributed by atoms with Crippen LogP contribution in [0.25, 0.3) is 0 Å². The van der Waals surface area contributed by atoms with Crippen LogP contribution in [0.5, 0.6) is 0 Å². The van der Waals surface area contributed by atoms with Crippen LogP contribution in [0.15, 0.2) is 61.2 Å². The summed E-state index contributed by atoms with van der Waals surface area (Å²) >= 11 is 12.7. The van der Waals surface area contributed by atoms with Gasteiger partial charge in [0.2, 0.25) is 15.8 Å².